The van der Waals surface area contributed by atoms with E-state index in [-0.39, 0.29) is 12.5 Å². The van der Waals surface area contributed by atoms with Gasteiger partial charge in [0.15, 0.2) is 0 Å². The number of aliphatic hydroxyl groups excluding tert-OH is 1. The molecule has 0 radical (unpaired) electrons. The van der Waals surface area contributed by atoms with E-state index >= 15 is 0 Å². The van der Waals surface area contributed by atoms with Gasteiger partial charge in [0.25, 0.3) is 0 Å². The zero-order valence-electron chi connectivity index (χ0n) is 7.83. The second kappa shape index (κ2) is 4.21. The van der Waals surface area contributed by atoms with Crippen molar-refractivity contribution in [3.05, 3.63) is 15.9 Å². The molecule has 2 heterocycles. The van der Waals surface area contributed by atoms with E-state index in [2.05, 4.69) is 21.2 Å². The van der Waals surface area contributed by atoms with Gasteiger partial charge in [-0.15, -0.1) is 11.3 Å². The maximum absolute atomic E-state index is 11.8. The molecule has 1 aliphatic rings. The van der Waals surface area contributed by atoms with Crippen molar-refractivity contribution in [2.75, 3.05) is 25.1 Å². The standard InChI is InChI=1S/C9H10BrNO3S/c10-6-1-2-7(15-6)11-8(13)9(3-12)4-14-5-9/h1-2,12H,3-5H2,(H,11,13). The first kappa shape index (κ1) is 11.1. The molecule has 0 bridgehead atoms. The van der Waals surface area contributed by atoms with E-state index in [0.717, 1.165) is 8.79 Å². The molecule has 0 aliphatic carbocycles. The first-order valence-corrected chi connectivity index (χ1v) is 6.03. The fourth-order valence-corrected chi connectivity index (χ4v) is 2.55. The van der Waals surface area contributed by atoms with Crippen LogP contribution in [0.4, 0.5) is 5.00 Å². The Morgan fingerprint density at radius 3 is 2.80 bits per heavy atom. The summed E-state index contributed by atoms with van der Waals surface area (Å²) in [4.78, 5) is 11.8. The van der Waals surface area contributed by atoms with Crippen molar-refractivity contribution in [2.45, 2.75) is 0 Å². The lowest BCUT2D eigenvalue weighted by molar-refractivity contribution is -0.164. The van der Waals surface area contributed by atoms with Crippen molar-refractivity contribution in [3.63, 3.8) is 0 Å². The number of thiophene rings is 1. The van der Waals surface area contributed by atoms with Gasteiger partial charge in [0.05, 0.1) is 28.6 Å². The molecule has 0 atom stereocenters. The molecule has 15 heavy (non-hydrogen) atoms. The molecule has 1 amide bonds. The van der Waals surface area contributed by atoms with Crippen LogP contribution in [0, 0.1) is 5.41 Å². The molecule has 6 heteroatoms. The zero-order valence-corrected chi connectivity index (χ0v) is 10.2. The molecule has 1 fully saturated rings. The third-order valence-electron chi connectivity index (χ3n) is 2.35. The number of rotatable bonds is 3. The summed E-state index contributed by atoms with van der Waals surface area (Å²) >= 11 is 4.75. The van der Waals surface area contributed by atoms with Crippen LogP contribution in [-0.2, 0) is 9.53 Å². The average molecular weight is 292 g/mol. The number of carbonyl (C=O) groups excluding carboxylic acids is 1. The number of carbonyl (C=O) groups is 1. The first-order valence-electron chi connectivity index (χ1n) is 4.42. The van der Waals surface area contributed by atoms with Crippen LogP contribution in [-0.4, -0.2) is 30.8 Å². The van der Waals surface area contributed by atoms with Gasteiger partial charge in [-0.3, -0.25) is 4.79 Å². The maximum atomic E-state index is 11.8. The highest BCUT2D eigenvalue weighted by molar-refractivity contribution is 9.11. The van der Waals surface area contributed by atoms with Crippen molar-refractivity contribution < 1.29 is 14.6 Å². The van der Waals surface area contributed by atoms with Gasteiger partial charge in [-0.2, -0.15) is 0 Å². The number of hydrogen-bond acceptors (Lipinski definition) is 4. The fourth-order valence-electron chi connectivity index (χ4n) is 1.27. The molecular formula is C9H10BrNO3S. The Bertz CT molecular complexity index is 370. The van der Waals surface area contributed by atoms with Crippen LogP contribution in [0.3, 0.4) is 0 Å². The van der Waals surface area contributed by atoms with Crippen molar-refractivity contribution in [1.82, 2.24) is 0 Å². The summed E-state index contributed by atoms with van der Waals surface area (Å²) in [5.41, 5.74) is -0.740. The quantitative estimate of drug-likeness (QED) is 0.886. The fraction of sp³-hybridized carbons (Fsp3) is 0.444. The minimum atomic E-state index is -0.740. The minimum Gasteiger partial charge on any atom is -0.395 e. The van der Waals surface area contributed by atoms with Gasteiger partial charge in [0, 0.05) is 0 Å². The zero-order chi connectivity index (χ0) is 10.9. The van der Waals surface area contributed by atoms with Gasteiger partial charge in [-0.1, -0.05) is 0 Å². The SMILES string of the molecule is O=C(Nc1ccc(Br)s1)C1(CO)COC1. The predicted molar refractivity (Wildman–Crippen MR) is 61.0 cm³/mol. The minimum absolute atomic E-state index is 0.175. The molecule has 1 saturated heterocycles. The number of anilines is 1. The van der Waals surface area contributed by atoms with Crippen molar-refractivity contribution in [3.8, 4) is 0 Å². The summed E-state index contributed by atoms with van der Waals surface area (Å²) in [6.07, 6.45) is 0. The molecule has 1 aromatic heterocycles. The molecular weight excluding hydrogens is 282 g/mol. The average Bonchev–Trinajstić information content (AvgIpc) is 2.50. The van der Waals surface area contributed by atoms with Gasteiger partial charge in [-0.25, -0.2) is 0 Å². The summed E-state index contributed by atoms with van der Waals surface area (Å²) in [6, 6.07) is 3.68. The molecule has 2 N–H and O–H groups in total. The highest BCUT2D eigenvalue weighted by Crippen LogP contribution is 2.31. The third kappa shape index (κ3) is 2.08. The second-order valence-electron chi connectivity index (χ2n) is 3.49. The highest BCUT2D eigenvalue weighted by atomic mass is 79.9. The largest absolute Gasteiger partial charge is 0.395 e. The summed E-state index contributed by atoms with van der Waals surface area (Å²) in [6.45, 7) is 0.412. The summed E-state index contributed by atoms with van der Waals surface area (Å²) < 4.78 is 5.93. The lowest BCUT2D eigenvalue weighted by Crippen LogP contribution is -2.54. The van der Waals surface area contributed by atoms with E-state index in [4.69, 9.17) is 9.84 Å². The molecule has 4 nitrogen and oxygen atoms in total. The normalized spacial score (nSPS) is 18.3. The predicted octanol–water partition coefficient (Wildman–Crippen LogP) is 1.46. The van der Waals surface area contributed by atoms with Gasteiger partial charge < -0.3 is 15.2 Å². The molecule has 1 aromatic rings. The van der Waals surface area contributed by atoms with E-state index in [1.54, 1.807) is 0 Å². The number of amides is 1. The lowest BCUT2D eigenvalue weighted by Gasteiger charge is -2.37. The topological polar surface area (TPSA) is 58.6 Å². The Kier molecular flexibility index (Phi) is 3.11. The molecule has 0 unspecified atom stereocenters. The number of ether oxygens (including phenoxy) is 1. The second-order valence-corrected chi connectivity index (χ2v) is 5.95. The number of halogens is 1. The van der Waals surface area contributed by atoms with Crippen LogP contribution in [0.2, 0.25) is 0 Å². The van der Waals surface area contributed by atoms with Crippen molar-refractivity contribution in [2.24, 2.45) is 5.41 Å². The number of hydrogen-bond donors (Lipinski definition) is 2. The van der Waals surface area contributed by atoms with Crippen molar-refractivity contribution in [1.29, 1.82) is 0 Å². The summed E-state index contributed by atoms with van der Waals surface area (Å²) in [7, 11) is 0. The van der Waals surface area contributed by atoms with E-state index in [0.29, 0.717) is 13.2 Å². The van der Waals surface area contributed by atoms with E-state index in [1.165, 1.54) is 11.3 Å². The smallest absolute Gasteiger partial charge is 0.238 e. The van der Waals surface area contributed by atoms with Gasteiger partial charge >= 0.3 is 0 Å². The molecule has 1 aliphatic heterocycles. The lowest BCUT2D eigenvalue weighted by atomic mass is 9.86. The van der Waals surface area contributed by atoms with Gasteiger partial charge in [-0.05, 0) is 28.1 Å². The summed E-state index contributed by atoms with van der Waals surface area (Å²) in [5, 5.41) is 12.7. The molecule has 82 valence electrons. The molecule has 0 aromatic carbocycles. The Balaban J connectivity index is 2.03. The van der Waals surface area contributed by atoms with Crippen LogP contribution in [0.25, 0.3) is 0 Å². The number of nitrogens with one attached hydrogen (secondary N) is 1. The highest BCUT2D eigenvalue weighted by Gasteiger charge is 2.45. The monoisotopic (exact) mass is 291 g/mol. The van der Waals surface area contributed by atoms with Crippen LogP contribution >= 0.6 is 27.3 Å². The third-order valence-corrected chi connectivity index (χ3v) is 3.89. The van der Waals surface area contributed by atoms with E-state index in [1.807, 2.05) is 12.1 Å². The molecule has 0 saturated carbocycles. The Hall–Kier alpha value is -0.430. The van der Waals surface area contributed by atoms with Crippen molar-refractivity contribution >= 4 is 38.2 Å². The van der Waals surface area contributed by atoms with Gasteiger partial charge in [0.1, 0.15) is 5.41 Å². The summed E-state index contributed by atoms with van der Waals surface area (Å²) in [5.74, 6) is -0.175. The number of aliphatic hydroxyl groups is 1. The first-order chi connectivity index (χ1) is 7.16. The van der Waals surface area contributed by atoms with Crippen LogP contribution in [0.1, 0.15) is 0 Å². The Labute approximate surface area is 99.4 Å². The van der Waals surface area contributed by atoms with E-state index in [9.17, 15) is 4.79 Å². The van der Waals surface area contributed by atoms with E-state index < -0.39 is 5.41 Å². The van der Waals surface area contributed by atoms with Crippen LogP contribution in [0.5, 0.6) is 0 Å². The maximum Gasteiger partial charge on any atom is 0.238 e. The Morgan fingerprint density at radius 2 is 2.40 bits per heavy atom. The molecule has 0 spiro atoms. The van der Waals surface area contributed by atoms with Crippen LogP contribution < -0.4 is 5.32 Å². The van der Waals surface area contributed by atoms with Gasteiger partial charge in [0.2, 0.25) is 5.91 Å². The Morgan fingerprint density at radius 1 is 1.67 bits per heavy atom. The van der Waals surface area contributed by atoms with Crippen LogP contribution in [0.15, 0.2) is 15.9 Å². The molecule has 2 rings (SSSR count).